The van der Waals surface area contributed by atoms with E-state index in [1.54, 1.807) is 16.7 Å². The third-order valence-electron chi connectivity index (χ3n) is 4.11. The van der Waals surface area contributed by atoms with Crippen molar-refractivity contribution < 1.29 is 0 Å². The minimum absolute atomic E-state index is 0.0205. The lowest BCUT2D eigenvalue weighted by molar-refractivity contribution is 0.253. The number of hydrogen-bond acceptors (Lipinski definition) is 4. The predicted octanol–water partition coefficient (Wildman–Crippen LogP) is 0.864. The summed E-state index contributed by atoms with van der Waals surface area (Å²) < 4.78 is 1.57. The molecule has 0 bridgehead atoms. The topological polar surface area (TPSA) is 63.6 Å². The minimum atomic E-state index is -0.0205. The number of nitrogens with two attached hydrogens (primary N) is 1. The second kappa shape index (κ2) is 5.34. The van der Waals surface area contributed by atoms with Crippen LogP contribution in [0.4, 0.5) is 0 Å². The molecular formula is C15H20N4O. The maximum Gasteiger partial charge on any atom is 0.258 e. The van der Waals surface area contributed by atoms with Gasteiger partial charge in [-0.3, -0.25) is 14.1 Å². The Morgan fingerprint density at radius 3 is 3.05 bits per heavy atom. The second-order valence-electron chi connectivity index (χ2n) is 5.63. The average molecular weight is 272 g/mol. The van der Waals surface area contributed by atoms with Gasteiger partial charge >= 0.3 is 0 Å². The molecule has 3 heterocycles. The normalized spacial score (nSPS) is 23.5. The molecule has 2 atom stereocenters. The molecule has 20 heavy (non-hydrogen) atoms. The van der Waals surface area contributed by atoms with Crippen molar-refractivity contribution in [3.05, 3.63) is 46.5 Å². The van der Waals surface area contributed by atoms with Gasteiger partial charge in [-0.05, 0) is 37.9 Å². The highest BCUT2D eigenvalue weighted by atomic mass is 16.1. The van der Waals surface area contributed by atoms with Crippen LogP contribution < -0.4 is 11.3 Å². The van der Waals surface area contributed by atoms with Crippen molar-refractivity contribution in [1.29, 1.82) is 0 Å². The fourth-order valence-electron chi connectivity index (χ4n) is 3.00. The molecule has 0 aromatic carbocycles. The van der Waals surface area contributed by atoms with E-state index in [2.05, 4.69) is 16.8 Å². The van der Waals surface area contributed by atoms with Gasteiger partial charge in [-0.2, -0.15) is 0 Å². The largest absolute Gasteiger partial charge is 0.330 e. The van der Waals surface area contributed by atoms with E-state index in [-0.39, 0.29) is 5.56 Å². The fourth-order valence-corrected chi connectivity index (χ4v) is 3.00. The molecule has 0 aliphatic carbocycles. The number of aromatic nitrogens is 2. The summed E-state index contributed by atoms with van der Waals surface area (Å²) in [5.74, 6) is 0.562. The first-order valence-corrected chi connectivity index (χ1v) is 7.09. The summed E-state index contributed by atoms with van der Waals surface area (Å²) in [5.41, 5.74) is 7.28. The van der Waals surface area contributed by atoms with Crippen molar-refractivity contribution in [2.75, 3.05) is 13.1 Å². The van der Waals surface area contributed by atoms with Crippen LogP contribution in [-0.2, 0) is 6.54 Å². The number of likely N-dealkylation sites (tertiary alicyclic amines) is 1. The summed E-state index contributed by atoms with van der Waals surface area (Å²) in [6.45, 7) is 4.66. The van der Waals surface area contributed by atoms with E-state index in [4.69, 9.17) is 5.73 Å². The lowest BCUT2D eigenvalue weighted by Gasteiger charge is -2.20. The van der Waals surface area contributed by atoms with Crippen molar-refractivity contribution in [3.8, 4) is 0 Å². The summed E-state index contributed by atoms with van der Waals surface area (Å²) in [4.78, 5) is 19.0. The van der Waals surface area contributed by atoms with Crippen LogP contribution in [0.5, 0.6) is 0 Å². The SMILES string of the molecule is CC1CC(CN)CN1Cc1cc(=O)n2ccccc2n1. The van der Waals surface area contributed by atoms with E-state index in [1.165, 1.54) is 0 Å². The zero-order valence-electron chi connectivity index (χ0n) is 11.7. The molecule has 106 valence electrons. The van der Waals surface area contributed by atoms with Crippen LogP contribution in [0.1, 0.15) is 19.0 Å². The Kier molecular flexibility index (Phi) is 3.54. The van der Waals surface area contributed by atoms with E-state index < -0.39 is 0 Å². The fraction of sp³-hybridized carbons (Fsp3) is 0.467. The Morgan fingerprint density at radius 2 is 2.30 bits per heavy atom. The summed E-state index contributed by atoms with van der Waals surface area (Å²) in [6.07, 6.45) is 2.88. The van der Waals surface area contributed by atoms with Gasteiger partial charge in [0.1, 0.15) is 5.65 Å². The van der Waals surface area contributed by atoms with Crippen LogP contribution in [0.2, 0.25) is 0 Å². The van der Waals surface area contributed by atoms with Crippen LogP contribution in [0.25, 0.3) is 5.65 Å². The average Bonchev–Trinajstić information content (AvgIpc) is 2.79. The number of nitrogens with zero attached hydrogens (tertiary/aromatic N) is 3. The molecule has 1 saturated heterocycles. The van der Waals surface area contributed by atoms with Gasteiger partial charge in [0.05, 0.1) is 5.69 Å². The maximum atomic E-state index is 12.1. The van der Waals surface area contributed by atoms with E-state index in [1.807, 2.05) is 18.2 Å². The summed E-state index contributed by atoms with van der Waals surface area (Å²) in [5, 5.41) is 0. The van der Waals surface area contributed by atoms with Crippen LogP contribution in [0.15, 0.2) is 35.3 Å². The first-order chi connectivity index (χ1) is 9.67. The number of rotatable bonds is 3. The van der Waals surface area contributed by atoms with Gasteiger partial charge in [-0.1, -0.05) is 6.07 Å². The molecule has 0 saturated carbocycles. The second-order valence-corrected chi connectivity index (χ2v) is 5.63. The Balaban J connectivity index is 1.86. The van der Waals surface area contributed by atoms with Gasteiger partial charge in [-0.25, -0.2) is 4.98 Å². The highest BCUT2D eigenvalue weighted by molar-refractivity contribution is 5.37. The molecule has 3 rings (SSSR count). The lowest BCUT2D eigenvalue weighted by atomic mass is 10.1. The third-order valence-corrected chi connectivity index (χ3v) is 4.11. The molecule has 2 N–H and O–H groups in total. The predicted molar refractivity (Wildman–Crippen MR) is 78.5 cm³/mol. The van der Waals surface area contributed by atoms with Crippen LogP contribution in [-0.4, -0.2) is 33.4 Å². The smallest absolute Gasteiger partial charge is 0.258 e. The van der Waals surface area contributed by atoms with Crippen molar-refractivity contribution in [3.63, 3.8) is 0 Å². The van der Waals surface area contributed by atoms with E-state index in [0.29, 0.717) is 17.6 Å². The first kappa shape index (κ1) is 13.3. The van der Waals surface area contributed by atoms with E-state index >= 15 is 0 Å². The van der Waals surface area contributed by atoms with Crippen molar-refractivity contribution in [1.82, 2.24) is 14.3 Å². The standard InChI is InChI=1S/C15H20N4O/c1-11-6-12(8-16)9-18(11)10-13-7-15(20)19-5-3-2-4-14(19)17-13/h2-5,7,11-12H,6,8-10,16H2,1H3. The van der Waals surface area contributed by atoms with E-state index in [9.17, 15) is 4.79 Å². The zero-order chi connectivity index (χ0) is 14.1. The highest BCUT2D eigenvalue weighted by Crippen LogP contribution is 2.23. The van der Waals surface area contributed by atoms with Crippen molar-refractivity contribution in [2.24, 2.45) is 11.7 Å². The molecule has 2 aromatic heterocycles. The highest BCUT2D eigenvalue weighted by Gasteiger charge is 2.28. The molecule has 0 amide bonds. The summed E-state index contributed by atoms with van der Waals surface area (Å²) >= 11 is 0. The van der Waals surface area contributed by atoms with Gasteiger partial charge in [0.25, 0.3) is 5.56 Å². The van der Waals surface area contributed by atoms with Crippen LogP contribution in [0, 0.1) is 5.92 Å². The lowest BCUT2D eigenvalue weighted by Crippen LogP contribution is -2.29. The molecule has 2 unspecified atom stereocenters. The molecule has 2 aromatic rings. The van der Waals surface area contributed by atoms with E-state index in [0.717, 1.165) is 31.7 Å². The Morgan fingerprint density at radius 1 is 1.45 bits per heavy atom. The zero-order valence-corrected chi connectivity index (χ0v) is 11.7. The Labute approximate surface area is 118 Å². The van der Waals surface area contributed by atoms with Gasteiger partial charge in [0.15, 0.2) is 0 Å². The van der Waals surface area contributed by atoms with Crippen molar-refractivity contribution in [2.45, 2.75) is 25.9 Å². The maximum absolute atomic E-state index is 12.1. The molecule has 1 aliphatic rings. The van der Waals surface area contributed by atoms with Crippen LogP contribution >= 0.6 is 0 Å². The summed E-state index contributed by atoms with van der Waals surface area (Å²) in [6, 6.07) is 7.73. The van der Waals surface area contributed by atoms with Gasteiger partial charge < -0.3 is 5.73 Å². The van der Waals surface area contributed by atoms with Crippen LogP contribution in [0.3, 0.4) is 0 Å². The summed E-state index contributed by atoms with van der Waals surface area (Å²) in [7, 11) is 0. The minimum Gasteiger partial charge on any atom is -0.330 e. The number of pyridine rings is 1. The number of hydrogen-bond donors (Lipinski definition) is 1. The van der Waals surface area contributed by atoms with Gasteiger partial charge in [0, 0.05) is 31.4 Å². The molecular weight excluding hydrogens is 252 g/mol. The third kappa shape index (κ3) is 2.46. The number of fused-ring (bicyclic) bond motifs is 1. The Hall–Kier alpha value is -1.72. The molecule has 0 radical (unpaired) electrons. The molecule has 1 fully saturated rings. The van der Waals surface area contributed by atoms with Crippen molar-refractivity contribution >= 4 is 5.65 Å². The molecule has 1 aliphatic heterocycles. The molecule has 0 spiro atoms. The van der Waals surface area contributed by atoms with Gasteiger partial charge in [-0.15, -0.1) is 0 Å². The Bertz CT molecular complexity index is 666. The molecule has 5 nitrogen and oxygen atoms in total. The van der Waals surface area contributed by atoms with Gasteiger partial charge in [0.2, 0.25) is 0 Å². The first-order valence-electron chi connectivity index (χ1n) is 7.09. The quantitative estimate of drug-likeness (QED) is 0.900. The monoisotopic (exact) mass is 272 g/mol. The molecule has 5 heteroatoms.